The highest BCUT2D eigenvalue weighted by Crippen LogP contribution is 2.31. The molecule has 1 saturated carbocycles. The molecule has 0 radical (unpaired) electrons. The van der Waals surface area contributed by atoms with Crippen LogP contribution in [0.25, 0.3) is 0 Å². The van der Waals surface area contributed by atoms with Crippen LogP contribution in [0, 0.1) is 11.8 Å². The summed E-state index contributed by atoms with van der Waals surface area (Å²) in [4.78, 5) is 48.1. The average Bonchev–Trinajstić information content (AvgIpc) is 2.99. The normalized spacial score (nSPS) is 21.9. The molecule has 11 nitrogen and oxygen atoms in total. The highest BCUT2D eigenvalue weighted by molar-refractivity contribution is 5.97. The van der Waals surface area contributed by atoms with Crippen LogP contribution in [-0.4, -0.2) is 78.0 Å². The number of ketones is 1. The van der Waals surface area contributed by atoms with Crippen LogP contribution in [0.5, 0.6) is 0 Å². The number of nitrogens with zero attached hydrogens (tertiary/aromatic N) is 3. The zero-order chi connectivity index (χ0) is 27.9. The van der Waals surface area contributed by atoms with E-state index in [1.165, 1.54) is 6.20 Å². The maximum absolute atomic E-state index is 12.7. The lowest BCUT2D eigenvalue weighted by atomic mass is 9.80. The number of ether oxygens (including phenoxy) is 2. The molecule has 0 unspecified atom stereocenters. The van der Waals surface area contributed by atoms with Gasteiger partial charge in [-0.1, -0.05) is 0 Å². The number of carbonyl (C=O) groups is 3. The standard InChI is InChI=1S/C29H38N6O5/c30-27(37)26-28(33-23-7-3-21(4-8-23)29(38)35-11-15-40-16-12-35)34-25(18-31-26)32-22-5-1-19(2-6-22)17-24(36)20-9-13-39-14-10-20/h3-4,7-8,18-20,22H,1-2,5-6,9-17H2,(H2,30,37)(H2,32,33,34). The summed E-state index contributed by atoms with van der Waals surface area (Å²) in [6, 6.07) is 7.23. The number of primary amides is 1. The van der Waals surface area contributed by atoms with Crippen LogP contribution >= 0.6 is 0 Å². The Bertz CT molecular complexity index is 1190. The Morgan fingerprint density at radius 3 is 2.27 bits per heavy atom. The van der Waals surface area contributed by atoms with Crippen molar-refractivity contribution in [3.05, 3.63) is 41.7 Å². The monoisotopic (exact) mass is 550 g/mol. The number of anilines is 3. The number of carbonyl (C=O) groups excluding carboxylic acids is 3. The smallest absolute Gasteiger partial charge is 0.271 e. The number of hydrogen-bond acceptors (Lipinski definition) is 9. The first kappa shape index (κ1) is 28.0. The molecule has 0 atom stereocenters. The van der Waals surface area contributed by atoms with E-state index in [1.54, 1.807) is 29.2 Å². The van der Waals surface area contributed by atoms with Crippen molar-refractivity contribution in [1.29, 1.82) is 0 Å². The third-order valence-electron chi connectivity index (χ3n) is 8.06. The molecule has 0 spiro atoms. The van der Waals surface area contributed by atoms with E-state index in [4.69, 9.17) is 15.2 Å². The number of aromatic nitrogens is 2. The van der Waals surface area contributed by atoms with Crippen LogP contribution in [0.2, 0.25) is 0 Å². The zero-order valence-corrected chi connectivity index (χ0v) is 22.8. The number of nitrogens with one attached hydrogen (secondary N) is 2. The summed E-state index contributed by atoms with van der Waals surface area (Å²) >= 11 is 0. The molecular weight excluding hydrogens is 512 g/mol. The lowest BCUT2D eigenvalue weighted by molar-refractivity contribution is -0.126. The zero-order valence-electron chi connectivity index (χ0n) is 22.8. The molecule has 3 aliphatic rings. The Morgan fingerprint density at radius 2 is 1.60 bits per heavy atom. The van der Waals surface area contributed by atoms with Crippen molar-refractivity contribution < 1.29 is 23.9 Å². The summed E-state index contributed by atoms with van der Waals surface area (Å²) in [5, 5.41) is 6.57. The van der Waals surface area contributed by atoms with E-state index >= 15 is 0 Å². The van der Waals surface area contributed by atoms with E-state index in [0.717, 1.165) is 38.5 Å². The van der Waals surface area contributed by atoms with Gasteiger partial charge in [0.15, 0.2) is 11.5 Å². The molecule has 3 fully saturated rings. The van der Waals surface area contributed by atoms with Crippen molar-refractivity contribution in [2.75, 3.05) is 50.2 Å². The van der Waals surface area contributed by atoms with Gasteiger partial charge in [-0.15, -0.1) is 0 Å². The van der Waals surface area contributed by atoms with Gasteiger partial charge in [0, 0.05) is 55.9 Å². The lowest BCUT2D eigenvalue weighted by Crippen LogP contribution is -2.40. The Hall–Kier alpha value is -3.57. The molecule has 2 saturated heterocycles. The molecule has 4 N–H and O–H groups in total. The molecule has 214 valence electrons. The van der Waals surface area contributed by atoms with Gasteiger partial charge in [0.2, 0.25) is 0 Å². The van der Waals surface area contributed by atoms with Gasteiger partial charge in [-0.25, -0.2) is 9.97 Å². The second kappa shape index (κ2) is 13.2. The molecule has 3 heterocycles. The number of amides is 2. The van der Waals surface area contributed by atoms with Gasteiger partial charge in [-0.3, -0.25) is 14.4 Å². The van der Waals surface area contributed by atoms with Crippen molar-refractivity contribution in [3.8, 4) is 0 Å². The maximum atomic E-state index is 12.7. The molecule has 2 aliphatic heterocycles. The molecule has 0 bridgehead atoms. The van der Waals surface area contributed by atoms with E-state index in [9.17, 15) is 14.4 Å². The summed E-state index contributed by atoms with van der Waals surface area (Å²) in [5.74, 6) is 1.05. The second-order valence-corrected chi connectivity index (χ2v) is 10.8. The SMILES string of the molecule is NC(=O)c1ncc(NC2CCC(CC(=O)C3CCOCC3)CC2)nc1Nc1ccc(C(=O)N2CCOCC2)cc1. The van der Waals surface area contributed by atoms with Crippen LogP contribution in [0.4, 0.5) is 17.3 Å². The summed E-state index contributed by atoms with van der Waals surface area (Å²) in [6.45, 7) is 3.63. The Labute approximate surface area is 234 Å². The second-order valence-electron chi connectivity index (χ2n) is 10.8. The molecule has 1 aromatic carbocycles. The summed E-state index contributed by atoms with van der Waals surface area (Å²) in [5.41, 5.74) is 6.83. The van der Waals surface area contributed by atoms with Crippen molar-refractivity contribution in [3.63, 3.8) is 0 Å². The molecule has 2 aromatic rings. The van der Waals surface area contributed by atoms with Crippen molar-refractivity contribution in [1.82, 2.24) is 14.9 Å². The number of nitrogens with two attached hydrogens (primary N) is 1. The summed E-state index contributed by atoms with van der Waals surface area (Å²) in [7, 11) is 0. The van der Waals surface area contributed by atoms with Gasteiger partial charge in [0.05, 0.1) is 19.4 Å². The fraction of sp³-hybridized carbons (Fsp3) is 0.552. The number of hydrogen-bond donors (Lipinski definition) is 3. The first-order valence-corrected chi connectivity index (χ1v) is 14.2. The van der Waals surface area contributed by atoms with Crippen LogP contribution < -0.4 is 16.4 Å². The number of morpholine rings is 1. The van der Waals surface area contributed by atoms with Gasteiger partial charge < -0.3 is 30.7 Å². The minimum absolute atomic E-state index is 0.0364. The third kappa shape index (κ3) is 7.14. The van der Waals surface area contributed by atoms with E-state index in [1.807, 2.05) is 0 Å². The predicted octanol–water partition coefficient (Wildman–Crippen LogP) is 3.15. The molecule has 1 aliphatic carbocycles. The first-order valence-electron chi connectivity index (χ1n) is 14.2. The van der Waals surface area contributed by atoms with Crippen molar-refractivity contribution in [2.24, 2.45) is 17.6 Å². The summed E-state index contributed by atoms with van der Waals surface area (Å²) < 4.78 is 10.7. The number of benzene rings is 1. The topological polar surface area (TPSA) is 149 Å². The van der Waals surface area contributed by atoms with E-state index < -0.39 is 5.91 Å². The number of Topliss-reactive ketones (excluding diaryl/α,β-unsaturated/α-hetero) is 1. The highest BCUT2D eigenvalue weighted by atomic mass is 16.5. The van der Waals surface area contributed by atoms with Crippen LogP contribution in [0.1, 0.15) is 65.8 Å². The van der Waals surface area contributed by atoms with E-state index in [-0.39, 0.29) is 29.4 Å². The first-order chi connectivity index (χ1) is 19.5. The lowest BCUT2D eigenvalue weighted by Gasteiger charge is -2.30. The van der Waals surface area contributed by atoms with Gasteiger partial charge in [-0.2, -0.15) is 0 Å². The highest BCUT2D eigenvalue weighted by Gasteiger charge is 2.28. The van der Waals surface area contributed by atoms with Crippen molar-refractivity contribution in [2.45, 2.75) is 51.0 Å². The maximum Gasteiger partial charge on any atom is 0.271 e. The largest absolute Gasteiger partial charge is 0.381 e. The fourth-order valence-corrected chi connectivity index (χ4v) is 5.70. The quantitative estimate of drug-likeness (QED) is 0.428. The molecule has 2 amide bonds. The van der Waals surface area contributed by atoms with E-state index in [0.29, 0.717) is 74.7 Å². The van der Waals surface area contributed by atoms with E-state index in [2.05, 4.69) is 20.6 Å². The molecule has 1 aromatic heterocycles. The molecule has 5 rings (SSSR count). The molecule has 40 heavy (non-hydrogen) atoms. The van der Waals surface area contributed by atoms with Crippen LogP contribution in [-0.2, 0) is 14.3 Å². The third-order valence-corrected chi connectivity index (χ3v) is 8.06. The number of rotatable bonds is 9. The minimum Gasteiger partial charge on any atom is -0.381 e. The minimum atomic E-state index is -0.685. The van der Waals surface area contributed by atoms with Gasteiger partial charge in [0.25, 0.3) is 11.8 Å². The summed E-state index contributed by atoms with van der Waals surface area (Å²) in [6.07, 6.45) is 7.73. The molecular formula is C29H38N6O5. The van der Waals surface area contributed by atoms with Crippen LogP contribution in [0.15, 0.2) is 30.5 Å². The van der Waals surface area contributed by atoms with Gasteiger partial charge in [0.1, 0.15) is 11.6 Å². The van der Waals surface area contributed by atoms with Gasteiger partial charge >= 0.3 is 0 Å². The predicted molar refractivity (Wildman–Crippen MR) is 150 cm³/mol. The van der Waals surface area contributed by atoms with Crippen LogP contribution in [0.3, 0.4) is 0 Å². The Morgan fingerprint density at radius 1 is 0.925 bits per heavy atom. The Balaban J connectivity index is 1.17. The van der Waals surface area contributed by atoms with Gasteiger partial charge in [-0.05, 0) is 68.7 Å². The Kier molecular flexibility index (Phi) is 9.22. The van der Waals surface area contributed by atoms with Crippen molar-refractivity contribution >= 4 is 34.9 Å². The average molecular weight is 551 g/mol. The fourth-order valence-electron chi connectivity index (χ4n) is 5.70. The molecule has 11 heteroatoms.